The molecule has 0 radical (unpaired) electrons. The molecule has 0 saturated heterocycles. The molecule has 0 unspecified atom stereocenters. The first-order valence-corrected chi connectivity index (χ1v) is 5.71. The van der Waals surface area contributed by atoms with E-state index in [1.807, 2.05) is 13.8 Å². The van der Waals surface area contributed by atoms with Crippen LogP contribution >= 0.6 is 11.6 Å². The highest BCUT2D eigenvalue weighted by atomic mass is 35.5. The van der Waals surface area contributed by atoms with Crippen LogP contribution in [0.25, 0.3) is 11.0 Å². The van der Waals surface area contributed by atoms with Crippen molar-refractivity contribution in [2.24, 2.45) is 7.05 Å². The molecule has 0 atom stereocenters. The number of imidazole rings is 1. The highest BCUT2D eigenvalue weighted by Gasteiger charge is 2.24. The molecule has 5 nitrogen and oxygen atoms in total. The molecule has 7 heteroatoms. The number of hydrogen-bond acceptors (Lipinski definition) is 3. The van der Waals surface area contributed by atoms with E-state index in [4.69, 9.17) is 11.6 Å². The van der Waals surface area contributed by atoms with Gasteiger partial charge in [-0.3, -0.25) is 10.1 Å². The molecule has 0 aliphatic rings. The second kappa shape index (κ2) is 4.20. The van der Waals surface area contributed by atoms with Crippen molar-refractivity contribution >= 4 is 28.3 Å². The van der Waals surface area contributed by atoms with Crippen molar-refractivity contribution in [1.29, 1.82) is 0 Å². The van der Waals surface area contributed by atoms with Gasteiger partial charge in [0, 0.05) is 13.0 Å². The number of nitrogens with zero attached hydrogens (tertiary/aromatic N) is 3. The lowest BCUT2D eigenvalue weighted by molar-refractivity contribution is -0.384. The Morgan fingerprint density at radius 1 is 1.56 bits per heavy atom. The van der Waals surface area contributed by atoms with Crippen LogP contribution in [0.4, 0.5) is 10.1 Å². The second-order valence-corrected chi connectivity index (χ2v) is 4.71. The predicted molar refractivity (Wildman–Crippen MR) is 66.4 cm³/mol. The zero-order chi connectivity index (χ0) is 13.6. The summed E-state index contributed by atoms with van der Waals surface area (Å²) in [5.74, 6) is 0.00576. The van der Waals surface area contributed by atoms with Gasteiger partial charge in [0.2, 0.25) is 0 Å². The van der Waals surface area contributed by atoms with Gasteiger partial charge in [0.15, 0.2) is 5.82 Å². The highest BCUT2D eigenvalue weighted by Crippen LogP contribution is 2.35. The van der Waals surface area contributed by atoms with Gasteiger partial charge in [0.05, 0.1) is 11.0 Å². The monoisotopic (exact) mass is 271 g/mol. The summed E-state index contributed by atoms with van der Waals surface area (Å²) in [5, 5.41) is 10.6. The first-order chi connectivity index (χ1) is 8.34. The van der Waals surface area contributed by atoms with Crippen LogP contribution in [-0.4, -0.2) is 14.5 Å². The molecule has 0 bridgehead atoms. The third-order valence-electron chi connectivity index (χ3n) is 2.77. The van der Waals surface area contributed by atoms with E-state index < -0.39 is 16.4 Å². The summed E-state index contributed by atoms with van der Waals surface area (Å²) < 4.78 is 15.5. The maximum absolute atomic E-state index is 13.9. The Hall–Kier alpha value is -1.69. The fraction of sp³-hybridized carbons (Fsp3) is 0.364. The minimum Gasteiger partial charge on any atom is -0.328 e. The Labute approximate surface area is 107 Å². The van der Waals surface area contributed by atoms with Crippen molar-refractivity contribution in [3.05, 3.63) is 32.8 Å². The molecule has 0 fully saturated rings. The van der Waals surface area contributed by atoms with Crippen molar-refractivity contribution in [2.45, 2.75) is 19.8 Å². The van der Waals surface area contributed by atoms with E-state index in [1.165, 1.54) is 0 Å². The number of rotatable bonds is 2. The van der Waals surface area contributed by atoms with Crippen LogP contribution in [-0.2, 0) is 7.05 Å². The van der Waals surface area contributed by atoms with Crippen molar-refractivity contribution < 1.29 is 9.31 Å². The van der Waals surface area contributed by atoms with Crippen LogP contribution in [0, 0.1) is 15.9 Å². The van der Waals surface area contributed by atoms with Crippen LogP contribution in [0.5, 0.6) is 0 Å². The summed E-state index contributed by atoms with van der Waals surface area (Å²) in [4.78, 5) is 14.3. The van der Waals surface area contributed by atoms with E-state index in [-0.39, 0.29) is 22.0 Å². The molecular formula is C11H11ClFN3O2. The molecule has 0 aliphatic heterocycles. The number of benzene rings is 1. The number of aryl methyl sites for hydroxylation is 1. The second-order valence-electron chi connectivity index (χ2n) is 4.33. The average Bonchev–Trinajstić information content (AvgIpc) is 2.62. The number of nitro benzene ring substituents is 1. The smallest absolute Gasteiger partial charge is 0.293 e. The largest absolute Gasteiger partial charge is 0.328 e. The predicted octanol–water partition coefficient (Wildman–Crippen LogP) is 3.40. The minimum absolute atomic E-state index is 0.0666. The Kier molecular flexibility index (Phi) is 2.98. The molecule has 18 heavy (non-hydrogen) atoms. The lowest BCUT2D eigenvalue weighted by Gasteiger charge is -2.04. The summed E-state index contributed by atoms with van der Waals surface area (Å²) in [5.41, 5.74) is -0.140. The van der Waals surface area contributed by atoms with E-state index in [0.29, 0.717) is 5.82 Å². The maximum atomic E-state index is 13.9. The Balaban J connectivity index is 2.90. The van der Waals surface area contributed by atoms with E-state index in [1.54, 1.807) is 11.6 Å². The fourth-order valence-corrected chi connectivity index (χ4v) is 2.22. The van der Waals surface area contributed by atoms with Gasteiger partial charge < -0.3 is 4.57 Å². The minimum atomic E-state index is -0.714. The Bertz CT molecular complexity index is 652. The van der Waals surface area contributed by atoms with Gasteiger partial charge in [-0.25, -0.2) is 9.37 Å². The third kappa shape index (κ3) is 1.73. The fourth-order valence-electron chi connectivity index (χ4n) is 1.96. The van der Waals surface area contributed by atoms with E-state index in [2.05, 4.69) is 4.98 Å². The Morgan fingerprint density at radius 2 is 2.17 bits per heavy atom. The van der Waals surface area contributed by atoms with Gasteiger partial charge in [-0.05, 0) is 0 Å². The molecule has 0 aliphatic carbocycles. The first-order valence-electron chi connectivity index (χ1n) is 5.33. The average molecular weight is 272 g/mol. The summed E-state index contributed by atoms with van der Waals surface area (Å²) in [6, 6.07) is 0.830. The first kappa shape index (κ1) is 12.8. The van der Waals surface area contributed by atoms with Crippen LogP contribution in [0.1, 0.15) is 25.6 Å². The molecule has 2 rings (SSSR count). The van der Waals surface area contributed by atoms with Crippen molar-refractivity contribution in [2.75, 3.05) is 0 Å². The standard InChI is InChI=1S/C11H11ClFN3O2/c1-5(2)11-14-9-8(12)7(16(17)18)4-6(13)10(9)15(11)3/h4-5H,1-3H3. The molecule has 2 aromatic rings. The Morgan fingerprint density at radius 3 is 2.67 bits per heavy atom. The van der Waals surface area contributed by atoms with Gasteiger partial charge in [-0.15, -0.1) is 0 Å². The quantitative estimate of drug-likeness (QED) is 0.621. The number of halogens is 2. The van der Waals surface area contributed by atoms with E-state index >= 15 is 0 Å². The number of hydrogen-bond donors (Lipinski definition) is 0. The lowest BCUT2D eigenvalue weighted by atomic mass is 10.2. The van der Waals surface area contributed by atoms with Crippen LogP contribution in [0.2, 0.25) is 5.02 Å². The van der Waals surface area contributed by atoms with E-state index in [0.717, 1.165) is 6.07 Å². The van der Waals surface area contributed by atoms with Gasteiger partial charge in [0.25, 0.3) is 5.69 Å². The van der Waals surface area contributed by atoms with Gasteiger partial charge >= 0.3 is 0 Å². The van der Waals surface area contributed by atoms with E-state index in [9.17, 15) is 14.5 Å². The normalized spacial score (nSPS) is 11.4. The lowest BCUT2D eigenvalue weighted by Crippen LogP contribution is -2.00. The molecule has 0 spiro atoms. The van der Waals surface area contributed by atoms with Crippen molar-refractivity contribution in [3.63, 3.8) is 0 Å². The molecular weight excluding hydrogens is 261 g/mol. The molecule has 0 saturated carbocycles. The zero-order valence-electron chi connectivity index (χ0n) is 10.1. The summed E-state index contributed by atoms with van der Waals surface area (Å²) in [6.07, 6.45) is 0. The van der Waals surface area contributed by atoms with Crippen LogP contribution in [0.15, 0.2) is 6.07 Å². The zero-order valence-corrected chi connectivity index (χ0v) is 10.8. The third-order valence-corrected chi connectivity index (χ3v) is 3.14. The number of fused-ring (bicyclic) bond motifs is 1. The maximum Gasteiger partial charge on any atom is 0.293 e. The summed E-state index contributed by atoms with van der Waals surface area (Å²) in [6.45, 7) is 3.81. The summed E-state index contributed by atoms with van der Waals surface area (Å²) >= 11 is 5.91. The van der Waals surface area contributed by atoms with Crippen molar-refractivity contribution in [3.8, 4) is 0 Å². The number of nitro groups is 1. The highest BCUT2D eigenvalue weighted by molar-refractivity contribution is 6.37. The van der Waals surface area contributed by atoms with Crippen LogP contribution in [0.3, 0.4) is 0 Å². The van der Waals surface area contributed by atoms with Crippen LogP contribution < -0.4 is 0 Å². The topological polar surface area (TPSA) is 61.0 Å². The van der Waals surface area contributed by atoms with Crippen molar-refractivity contribution in [1.82, 2.24) is 9.55 Å². The molecule has 1 aromatic heterocycles. The summed E-state index contributed by atoms with van der Waals surface area (Å²) in [7, 11) is 1.66. The molecule has 0 N–H and O–H groups in total. The SMILES string of the molecule is CC(C)c1nc2c(Cl)c([N+](=O)[O-])cc(F)c2n1C. The van der Waals surface area contributed by atoms with Gasteiger partial charge in [0.1, 0.15) is 21.9 Å². The molecule has 96 valence electrons. The van der Waals surface area contributed by atoms with Gasteiger partial charge in [-0.2, -0.15) is 0 Å². The molecule has 1 aromatic carbocycles. The van der Waals surface area contributed by atoms with Gasteiger partial charge in [-0.1, -0.05) is 25.4 Å². The number of aromatic nitrogens is 2. The molecule has 0 amide bonds. The molecule has 1 heterocycles.